The molecule has 30 heavy (non-hydrogen) atoms. The largest absolute Gasteiger partial charge is 0.377 e. The summed E-state index contributed by atoms with van der Waals surface area (Å²) in [5, 5.41) is 15.2. The summed E-state index contributed by atoms with van der Waals surface area (Å²) < 4.78 is 5.01. The molecule has 2 N–H and O–H groups in total. The SMILES string of the molecule is COCc1nnc(NC(=O)CCN2C(=O)c3ccccc3NC2c2ccccc2)s1. The Morgan fingerprint density at radius 2 is 1.93 bits per heavy atom. The smallest absolute Gasteiger partial charge is 0.257 e. The molecule has 0 spiro atoms. The summed E-state index contributed by atoms with van der Waals surface area (Å²) >= 11 is 1.26. The fourth-order valence-corrected chi connectivity index (χ4v) is 4.04. The van der Waals surface area contributed by atoms with Gasteiger partial charge >= 0.3 is 0 Å². The molecule has 0 fully saturated rings. The standard InChI is InChI=1S/C21H21N5O3S/c1-29-13-18-24-25-21(30-18)23-17(27)11-12-26-19(14-7-3-2-4-8-14)22-16-10-6-5-9-15(16)20(26)28/h2-10,19,22H,11-13H2,1H3,(H,23,25,27). The highest BCUT2D eigenvalue weighted by Gasteiger charge is 2.32. The van der Waals surface area contributed by atoms with Crippen molar-refractivity contribution in [1.29, 1.82) is 0 Å². The van der Waals surface area contributed by atoms with Crippen LogP contribution in [0.5, 0.6) is 0 Å². The summed E-state index contributed by atoms with van der Waals surface area (Å²) in [6, 6.07) is 17.1. The fraction of sp³-hybridized carbons (Fsp3) is 0.238. The second-order valence-corrected chi connectivity index (χ2v) is 7.80. The molecule has 1 aliphatic heterocycles. The van der Waals surface area contributed by atoms with Crippen molar-refractivity contribution in [3.8, 4) is 0 Å². The van der Waals surface area contributed by atoms with E-state index in [4.69, 9.17) is 4.74 Å². The van der Waals surface area contributed by atoms with E-state index < -0.39 is 0 Å². The van der Waals surface area contributed by atoms with Gasteiger partial charge in [-0.25, -0.2) is 0 Å². The lowest BCUT2D eigenvalue weighted by atomic mass is 10.0. The maximum atomic E-state index is 13.2. The Morgan fingerprint density at radius 3 is 2.73 bits per heavy atom. The van der Waals surface area contributed by atoms with Crippen LogP contribution < -0.4 is 10.6 Å². The minimum atomic E-state index is -0.351. The average molecular weight is 423 g/mol. The molecular formula is C21H21N5O3S. The number of benzene rings is 2. The molecule has 0 radical (unpaired) electrons. The van der Waals surface area contributed by atoms with E-state index in [1.165, 1.54) is 11.3 Å². The first-order chi connectivity index (χ1) is 14.7. The Kier molecular flexibility index (Phi) is 6.01. The average Bonchev–Trinajstić information content (AvgIpc) is 3.20. The van der Waals surface area contributed by atoms with Gasteiger partial charge in [0.25, 0.3) is 5.91 Å². The number of carbonyl (C=O) groups excluding carboxylic acids is 2. The molecular weight excluding hydrogens is 402 g/mol. The Hall–Kier alpha value is -3.30. The second kappa shape index (κ2) is 9.02. The van der Waals surface area contributed by atoms with E-state index in [2.05, 4.69) is 20.8 Å². The van der Waals surface area contributed by atoms with E-state index in [0.29, 0.717) is 22.3 Å². The van der Waals surface area contributed by atoms with Crippen molar-refractivity contribution in [2.75, 3.05) is 24.3 Å². The van der Waals surface area contributed by atoms with Crippen LogP contribution in [-0.2, 0) is 16.1 Å². The first kappa shape index (κ1) is 20.0. The highest BCUT2D eigenvalue weighted by molar-refractivity contribution is 7.15. The van der Waals surface area contributed by atoms with E-state index >= 15 is 0 Å². The third kappa shape index (κ3) is 4.32. The number of rotatable bonds is 7. The van der Waals surface area contributed by atoms with Crippen molar-refractivity contribution >= 4 is 34.0 Å². The van der Waals surface area contributed by atoms with Crippen molar-refractivity contribution in [1.82, 2.24) is 15.1 Å². The van der Waals surface area contributed by atoms with E-state index in [1.54, 1.807) is 18.1 Å². The number of para-hydroxylation sites is 1. The molecule has 9 heteroatoms. The van der Waals surface area contributed by atoms with E-state index in [9.17, 15) is 9.59 Å². The van der Waals surface area contributed by atoms with Gasteiger partial charge in [0.2, 0.25) is 11.0 Å². The molecule has 1 aliphatic rings. The predicted octanol–water partition coefficient (Wildman–Crippen LogP) is 3.28. The summed E-state index contributed by atoms with van der Waals surface area (Å²) in [7, 11) is 1.57. The van der Waals surface area contributed by atoms with Gasteiger partial charge in [-0.15, -0.1) is 10.2 Å². The number of nitrogens with zero attached hydrogens (tertiary/aromatic N) is 3. The van der Waals surface area contributed by atoms with Crippen LogP contribution in [0.15, 0.2) is 54.6 Å². The topological polar surface area (TPSA) is 96.5 Å². The molecule has 0 saturated heterocycles. The van der Waals surface area contributed by atoms with Gasteiger partial charge in [0, 0.05) is 25.8 Å². The predicted molar refractivity (Wildman–Crippen MR) is 114 cm³/mol. The number of hydrogen-bond acceptors (Lipinski definition) is 7. The number of aromatic nitrogens is 2. The second-order valence-electron chi connectivity index (χ2n) is 6.73. The molecule has 4 rings (SSSR count). The Morgan fingerprint density at radius 1 is 1.17 bits per heavy atom. The Bertz CT molecular complexity index is 1040. The third-order valence-electron chi connectivity index (χ3n) is 4.70. The Balaban J connectivity index is 1.48. The summed E-state index contributed by atoms with van der Waals surface area (Å²) in [6.45, 7) is 0.606. The van der Waals surface area contributed by atoms with Crippen molar-refractivity contribution in [3.05, 3.63) is 70.7 Å². The maximum absolute atomic E-state index is 13.2. The van der Waals surface area contributed by atoms with Crippen molar-refractivity contribution < 1.29 is 14.3 Å². The fourth-order valence-electron chi connectivity index (χ4n) is 3.31. The van der Waals surface area contributed by atoms with E-state index in [1.807, 2.05) is 48.5 Å². The number of ether oxygens (including phenoxy) is 1. The first-order valence-corrected chi connectivity index (χ1v) is 10.3. The van der Waals surface area contributed by atoms with Gasteiger partial charge in [-0.2, -0.15) is 0 Å². The van der Waals surface area contributed by atoms with Crippen LogP contribution in [-0.4, -0.2) is 40.6 Å². The van der Waals surface area contributed by atoms with Gasteiger partial charge in [-0.1, -0.05) is 53.8 Å². The van der Waals surface area contributed by atoms with Crippen LogP contribution in [0.2, 0.25) is 0 Å². The van der Waals surface area contributed by atoms with Gasteiger partial charge in [0.05, 0.1) is 5.56 Å². The van der Waals surface area contributed by atoms with Gasteiger partial charge in [0.15, 0.2) is 0 Å². The molecule has 0 aliphatic carbocycles. The van der Waals surface area contributed by atoms with E-state index in [0.717, 1.165) is 11.3 Å². The molecule has 3 aromatic rings. The zero-order valence-electron chi connectivity index (χ0n) is 16.4. The molecule has 2 aromatic carbocycles. The van der Waals surface area contributed by atoms with Crippen LogP contribution >= 0.6 is 11.3 Å². The molecule has 0 saturated carbocycles. The van der Waals surface area contributed by atoms with E-state index in [-0.39, 0.29) is 30.9 Å². The normalized spacial score (nSPS) is 15.4. The molecule has 8 nitrogen and oxygen atoms in total. The lowest BCUT2D eigenvalue weighted by Crippen LogP contribution is -2.44. The van der Waals surface area contributed by atoms with Crippen molar-refractivity contribution in [3.63, 3.8) is 0 Å². The van der Waals surface area contributed by atoms with Crippen molar-refractivity contribution in [2.45, 2.75) is 19.2 Å². The first-order valence-electron chi connectivity index (χ1n) is 9.48. The third-order valence-corrected chi connectivity index (χ3v) is 5.51. The lowest BCUT2D eigenvalue weighted by Gasteiger charge is -2.38. The summed E-state index contributed by atoms with van der Waals surface area (Å²) in [6.07, 6.45) is -0.214. The van der Waals surface area contributed by atoms with Crippen LogP contribution in [0.4, 0.5) is 10.8 Å². The number of methoxy groups -OCH3 is 1. The zero-order chi connectivity index (χ0) is 20.9. The van der Waals surface area contributed by atoms with Crippen LogP contribution in [0.1, 0.15) is 33.5 Å². The van der Waals surface area contributed by atoms with Gasteiger partial charge < -0.3 is 20.3 Å². The number of carbonyl (C=O) groups is 2. The Labute approximate surface area is 177 Å². The molecule has 2 heterocycles. The number of fused-ring (bicyclic) bond motifs is 1. The number of nitrogens with one attached hydrogen (secondary N) is 2. The molecule has 154 valence electrons. The van der Waals surface area contributed by atoms with Crippen molar-refractivity contribution in [2.24, 2.45) is 0 Å². The molecule has 1 atom stereocenters. The minimum Gasteiger partial charge on any atom is -0.377 e. The van der Waals surface area contributed by atoms with Gasteiger partial charge in [-0.05, 0) is 17.7 Å². The van der Waals surface area contributed by atoms with Crippen LogP contribution in [0, 0.1) is 0 Å². The maximum Gasteiger partial charge on any atom is 0.257 e. The quantitative estimate of drug-likeness (QED) is 0.605. The van der Waals surface area contributed by atoms with Gasteiger partial charge in [-0.3, -0.25) is 9.59 Å². The summed E-state index contributed by atoms with van der Waals surface area (Å²) in [5.74, 6) is -0.335. The lowest BCUT2D eigenvalue weighted by molar-refractivity contribution is -0.116. The van der Waals surface area contributed by atoms with Crippen LogP contribution in [0.25, 0.3) is 0 Å². The number of anilines is 2. The summed E-state index contributed by atoms with van der Waals surface area (Å²) in [4.78, 5) is 27.3. The zero-order valence-corrected chi connectivity index (χ0v) is 17.2. The summed E-state index contributed by atoms with van der Waals surface area (Å²) in [5.41, 5.74) is 2.34. The molecule has 0 bridgehead atoms. The highest BCUT2D eigenvalue weighted by Crippen LogP contribution is 2.33. The molecule has 1 aromatic heterocycles. The number of amides is 2. The highest BCUT2D eigenvalue weighted by atomic mass is 32.1. The van der Waals surface area contributed by atoms with Gasteiger partial charge in [0.1, 0.15) is 17.8 Å². The monoisotopic (exact) mass is 423 g/mol. The molecule has 2 amide bonds. The van der Waals surface area contributed by atoms with Crippen LogP contribution in [0.3, 0.4) is 0 Å². The number of hydrogen-bond donors (Lipinski definition) is 2. The molecule has 1 unspecified atom stereocenters. The minimum absolute atomic E-state index is 0.107.